The van der Waals surface area contributed by atoms with Crippen LogP contribution < -0.4 is 4.80 Å². The monoisotopic (exact) mass is 372 g/mol. The zero-order chi connectivity index (χ0) is 18.0. The predicted octanol–water partition coefficient (Wildman–Crippen LogP) is 3.49. The number of carbonyl (C=O) groups excluding carboxylic acids is 2. The van der Waals surface area contributed by atoms with E-state index in [2.05, 4.69) is 4.99 Å². The van der Waals surface area contributed by atoms with Crippen molar-refractivity contribution in [3.63, 3.8) is 0 Å². The van der Waals surface area contributed by atoms with E-state index in [1.807, 2.05) is 42.1 Å². The van der Waals surface area contributed by atoms with Crippen LogP contribution in [0.1, 0.15) is 20.7 Å². The van der Waals surface area contributed by atoms with Crippen molar-refractivity contribution < 1.29 is 14.3 Å². The quantitative estimate of drug-likeness (QED) is 0.522. The maximum absolute atomic E-state index is 12.5. The van der Waals surface area contributed by atoms with Crippen molar-refractivity contribution in [1.29, 1.82) is 0 Å². The highest BCUT2D eigenvalue weighted by atomic mass is 32.2. The number of carbonyl (C=O) groups is 2. The standard InChI is InChI=1S/C18H16N2O3S2/c1-20-14-8-7-12(17(22)23-2)10-15(14)25-18(20)19-16(21)11-5-4-6-13(9-11)24-3/h4-10H,1-3H3. The van der Waals surface area contributed by atoms with Gasteiger partial charge in [0, 0.05) is 17.5 Å². The van der Waals surface area contributed by atoms with E-state index in [4.69, 9.17) is 4.74 Å². The van der Waals surface area contributed by atoms with Crippen LogP contribution in [0, 0.1) is 0 Å². The Morgan fingerprint density at radius 3 is 2.68 bits per heavy atom. The first-order chi connectivity index (χ1) is 12.0. The lowest BCUT2D eigenvalue weighted by atomic mass is 10.2. The van der Waals surface area contributed by atoms with Gasteiger partial charge < -0.3 is 9.30 Å². The maximum atomic E-state index is 12.5. The highest BCUT2D eigenvalue weighted by Gasteiger charge is 2.11. The minimum Gasteiger partial charge on any atom is -0.465 e. The maximum Gasteiger partial charge on any atom is 0.337 e. The van der Waals surface area contributed by atoms with Crippen molar-refractivity contribution >= 4 is 45.2 Å². The largest absolute Gasteiger partial charge is 0.465 e. The van der Waals surface area contributed by atoms with Crippen LogP contribution in [-0.2, 0) is 11.8 Å². The molecule has 0 aliphatic carbocycles. The normalized spacial score (nSPS) is 11.7. The highest BCUT2D eigenvalue weighted by molar-refractivity contribution is 7.98. The van der Waals surface area contributed by atoms with E-state index in [0.717, 1.165) is 15.1 Å². The van der Waals surface area contributed by atoms with Crippen LogP contribution in [0.5, 0.6) is 0 Å². The van der Waals surface area contributed by atoms with Crippen molar-refractivity contribution in [2.45, 2.75) is 4.90 Å². The van der Waals surface area contributed by atoms with Crippen LogP contribution in [-0.4, -0.2) is 29.8 Å². The molecule has 0 atom stereocenters. The number of ether oxygens (including phenoxy) is 1. The summed E-state index contributed by atoms with van der Waals surface area (Å²) in [5.41, 5.74) is 1.93. The molecule has 0 saturated heterocycles. The molecule has 0 bridgehead atoms. The van der Waals surface area contributed by atoms with E-state index in [0.29, 0.717) is 15.9 Å². The van der Waals surface area contributed by atoms with Crippen LogP contribution in [0.3, 0.4) is 0 Å². The van der Waals surface area contributed by atoms with Gasteiger partial charge in [-0.2, -0.15) is 4.99 Å². The second-order valence-corrected chi connectivity index (χ2v) is 7.16. The molecule has 0 radical (unpaired) electrons. The lowest BCUT2D eigenvalue weighted by Crippen LogP contribution is -2.13. The molecule has 0 saturated carbocycles. The molecule has 0 fully saturated rings. The molecule has 0 N–H and O–H groups in total. The SMILES string of the molecule is COC(=O)c1ccc2c(c1)sc(=NC(=O)c1cccc(SC)c1)n2C. The number of amides is 1. The molecular weight excluding hydrogens is 356 g/mol. The molecule has 5 nitrogen and oxygen atoms in total. The Morgan fingerprint density at radius 1 is 1.16 bits per heavy atom. The molecule has 0 aliphatic heterocycles. The van der Waals surface area contributed by atoms with Gasteiger partial charge in [-0.1, -0.05) is 17.4 Å². The minimum absolute atomic E-state index is 0.286. The summed E-state index contributed by atoms with van der Waals surface area (Å²) >= 11 is 2.94. The number of thioether (sulfide) groups is 1. The Morgan fingerprint density at radius 2 is 1.96 bits per heavy atom. The molecule has 1 amide bonds. The lowest BCUT2D eigenvalue weighted by molar-refractivity contribution is 0.0601. The van der Waals surface area contributed by atoms with E-state index in [1.54, 1.807) is 30.0 Å². The van der Waals surface area contributed by atoms with Gasteiger partial charge >= 0.3 is 5.97 Å². The number of aryl methyl sites for hydroxylation is 1. The van der Waals surface area contributed by atoms with E-state index in [1.165, 1.54) is 18.4 Å². The fraction of sp³-hybridized carbons (Fsp3) is 0.167. The Labute approximate surface area is 153 Å². The summed E-state index contributed by atoms with van der Waals surface area (Å²) in [5, 5.41) is 0. The van der Waals surface area contributed by atoms with Crippen molar-refractivity contribution in [2.75, 3.05) is 13.4 Å². The van der Waals surface area contributed by atoms with Crippen LogP contribution in [0.2, 0.25) is 0 Å². The summed E-state index contributed by atoms with van der Waals surface area (Å²) in [5.74, 6) is -0.673. The van der Waals surface area contributed by atoms with Crippen LogP contribution in [0.15, 0.2) is 52.4 Å². The summed E-state index contributed by atoms with van der Waals surface area (Å²) in [4.78, 5) is 30.0. The minimum atomic E-state index is -0.388. The first-order valence-corrected chi connectivity index (χ1v) is 9.48. The summed E-state index contributed by atoms with van der Waals surface area (Å²) in [6, 6.07) is 12.7. The summed E-state index contributed by atoms with van der Waals surface area (Å²) < 4.78 is 7.46. The zero-order valence-corrected chi connectivity index (χ0v) is 15.6. The first-order valence-electron chi connectivity index (χ1n) is 7.44. The Hall–Kier alpha value is -2.38. The van der Waals surface area contributed by atoms with Crippen LogP contribution in [0.4, 0.5) is 0 Å². The van der Waals surface area contributed by atoms with Crippen molar-refractivity contribution in [1.82, 2.24) is 4.57 Å². The topological polar surface area (TPSA) is 60.7 Å². The van der Waals surface area contributed by atoms with E-state index in [9.17, 15) is 9.59 Å². The van der Waals surface area contributed by atoms with E-state index >= 15 is 0 Å². The number of fused-ring (bicyclic) bond motifs is 1. The molecule has 0 aliphatic rings. The molecule has 1 heterocycles. The van der Waals surface area contributed by atoms with Crippen LogP contribution in [0.25, 0.3) is 10.2 Å². The molecule has 128 valence electrons. The molecule has 3 rings (SSSR count). The van der Waals surface area contributed by atoms with Gasteiger partial charge in [0.15, 0.2) is 4.80 Å². The van der Waals surface area contributed by atoms with E-state index in [-0.39, 0.29) is 11.9 Å². The molecule has 7 heteroatoms. The molecular formula is C18H16N2O3S2. The number of aromatic nitrogens is 1. The van der Waals surface area contributed by atoms with Crippen molar-refractivity contribution in [3.05, 3.63) is 58.4 Å². The van der Waals surface area contributed by atoms with Crippen LogP contribution >= 0.6 is 23.1 Å². The number of nitrogens with zero attached hydrogens (tertiary/aromatic N) is 2. The van der Waals surface area contributed by atoms with Gasteiger partial charge in [0.2, 0.25) is 0 Å². The zero-order valence-electron chi connectivity index (χ0n) is 14.0. The third kappa shape index (κ3) is 3.52. The van der Waals surface area contributed by atoms with Gasteiger partial charge in [-0.25, -0.2) is 4.79 Å². The van der Waals surface area contributed by atoms with Gasteiger partial charge in [0.1, 0.15) is 0 Å². The fourth-order valence-electron chi connectivity index (χ4n) is 2.39. The number of hydrogen-bond acceptors (Lipinski definition) is 5. The number of esters is 1. The van der Waals surface area contributed by atoms with Gasteiger partial charge in [-0.15, -0.1) is 11.8 Å². The average Bonchev–Trinajstić information content (AvgIpc) is 2.96. The number of thiazole rings is 1. The smallest absolute Gasteiger partial charge is 0.337 e. The second kappa shape index (κ2) is 7.25. The summed E-state index contributed by atoms with van der Waals surface area (Å²) in [6.45, 7) is 0. The predicted molar refractivity (Wildman–Crippen MR) is 100 cm³/mol. The third-order valence-electron chi connectivity index (χ3n) is 3.74. The number of hydrogen-bond donors (Lipinski definition) is 0. The third-order valence-corrected chi connectivity index (χ3v) is 5.56. The number of methoxy groups -OCH3 is 1. The number of rotatable bonds is 3. The van der Waals surface area contributed by atoms with Gasteiger partial charge in [0.25, 0.3) is 5.91 Å². The van der Waals surface area contributed by atoms with Crippen molar-refractivity contribution in [2.24, 2.45) is 12.0 Å². The number of benzene rings is 2. The molecule has 0 unspecified atom stereocenters. The Bertz CT molecular complexity index is 1030. The Kier molecular flexibility index (Phi) is 5.06. The van der Waals surface area contributed by atoms with Crippen molar-refractivity contribution in [3.8, 4) is 0 Å². The van der Waals surface area contributed by atoms with Gasteiger partial charge in [-0.05, 0) is 42.7 Å². The lowest BCUT2D eigenvalue weighted by Gasteiger charge is -2.00. The molecule has 0 spiro atoms. The van der Waals surface area contributed by atoms with Gasteiger partial charge in [-0.3, -0.25) is 4.79 Å². The molecule has 1 aromatic heterocycles. The summed E-state index contributed by atoms with van der Waals surface area (Å²) in [7, 11) is 3.20. The van der Waals surface area contributed by atoms with Gasteiger partial charge in [0.05, 0.1) is 22.9 Å². The van der Waals surface area contributed by atoms with E-state index < -0.39 is 0 Å². The molecule has 25 heavy (non-hydrogen) atoms. The second-order valence-electron chi connectivity index (χ2n) is 5.27. The molecule has 3 aromatic rings. The highest BCUT2D eigenvalue weighted by Crippen LogP contribution is 2.20. The fourth-order valence-corrected chi connectivity index (χ4v) is 3.91. The molecule has 2 aromatic carbocycles. The first kappa shape index (κ1) is 17.4. The summed E-state index contributed by atoms with van der Waals surface area (Å²) in [6.07, 6.45) is 1.96. The Balaban J connectivity index is 2.05. The average molecular weight is 372 g/mol.